The van der Waals surface area contributed by atoms with E-state index in [1.807, 2.05) is 11.4 Å². The molecule has 2 aromatic heterocycles. The summed E-state index contributed by atoms with van der Waals surface area (Å²) in [5.74, 6) is 0. The van der Waals surface area contributed by atoms with Crippen molar-refractivity contribution in [3.63, 3.8) is 0 Å². The fourth-order valence-electron chi connectivity index (χ4n) is 1.24. The van der Waals surface area contributed by atoms with Crippen molar-refractivity contribution in [2.45, 2.75) is 11.4 Å². The number of rotatable bonds is 4. The SMILES string of the molecule is O=S(=O)(NCc1cc(Br)cs1)c1cncc(Br)c1. The number of thiophene rings is 1. The van der Waals surface area contributed by atoms with E-state index >= 15 is 0 Å². The lowest BCUT2D eigenvalue weighted by Gasteiger charge is -2.05. The van der Waals surface area contributed by atoms with Gasteiger partial charge in [-0.15, -0.1) is 11.3 Å². The van der Waals surface area contributed by atoms with Crippen LogP contribution in [-0.2, 0) is 16.6 Å². The Morgan fingerprint density at radius 2 is 2.00 bits per heavy atom. The molecule has 0 saturated heterocycles. The van der Waals surface area contributed by atoms with E-state index in [-0.39, 0.29) is 11.4 Å². The summed E-state index contributed by atoms with van der Waals surface area (Å²) in [5.41, 5.74) is 0. The average molecular weight is 412 g/mol. The molecule has 4 nitrogen and oxygen atoms in total. The predicted molar refractivity (Wildman–Crippen MR) is 78.0 cm³/mol. The molecule has 0 aliphatic rings. The quantitative estimate of drug-likeness (QED) is 0.840. The Kier molecular flexibility index (Phi) is 4.54. The molecule has 0 radical (unpaired) electrons. The van der Waals surface area contributed by atoms with Crippen molar-refractivity contribution in [2.24, 2.45) is 0 Å². The van der Waals surface area contributed by atoms with Crippen LogP contribution in [0.15, 0.2) is 43.7 Å². The monoisotopic (exact) mass is 410 g/mol. The van der Waals surface area contributed by atoms with E-state index in [9.17, 15) is 8.42 Å². The van der Waals surface area contributed by atoms with Crippen LogP contribution in [-0.4, -0.2) is 13.4 Å². The minimum absolute atomic E-state index is 0.146. The Hall–Kier alpha value is -0.280. The number of hydrogen-bond acceptors (Lipinski definition) is 4. The number of nitrogens with one attached hydrogen (secondary N) is 1. The predicted octanol–water partition coefficient (Wildman–Crippen LogP) is 3.15. The van der Waals surface area contributed by atoms with Gasteiger partial charge in [-0.1, -0.05) is 0 Å². The van der Waals surface area contributed by atoms with Gasteiger partial charge < -0.3 is 0 Å². The zero-order chi connectivity index (χ0) is 13.2. The van der Waals surface area contributed by atoms with Crippen molar-refractivity contribution >= 4 is 53.2 Å². The molecular weight excluding hydrogens is 404 g/mol. The van der Waals surface area contributed by atoms with Crippen LogP contribution >= 0.6 is 43.2 Å². The first-order valence-corrected chi connectivity index (χ1v) is 8.75. The van der Waals surface area contributed by atoms with Gasteiger partial charge in [0.2, 0.25) is 10.0 Å². The lowest BCUT2D eigenvalue weighted by molar-refractivity contribution is 0.581. The largest absolute Gasteiger partial charge is 0.262 e. The highest BCUT2D eigenvalue weighted by Gasteiger charge is 2.14. The van der Waals surface area contributed by atoms with Crippen LogP contribution in [0, 0.1) is 0 Å². The number of pyridine rings is 1. The second-order valence-electron chi connectivity index (χ2n) is 3.39. The fraction of sp³-hybridized carbons (Fsp3) is 0.100. The Balaban J connectivity index is 2.13. The minimum atomic E-state index is -3.52. The molecule has 2 aromatic rings. The van der Waals surface area contributed by atoms with Gasteiger partial charge in [0, 0.05) is 38.1 Å². The van der Waals surface area contributed by atoms with Gasteiger partial charge in [0.15, 0.2) is 0 Å². The number of halogens is 2. The zero-order valence-electron chi connectivity index (χ0n) is 8.93. The number of hydrogen-bond donors (Lipinski definition) is 1. The van der Waals surface area contributed by atoms with Gasteiger partial charge in [0.1, 0.15) is 4.90 Å². The van der Waals surface area contributed by atoms with Crippen molar-refractivity contribution in [3.05, 3.63) is 43.7 Å². The summed E-state index contributed by atoms with van der Waals surface area (Å²) in [6.45, 7) is 0.269. The molecule has 18 heavy (non-hydrogen) atoms. The van der Waals surface area contributed by atoms with Crippen molar-refractivity contribution in [1.82, 2.24) is 9.71 Å². The topological polar surface area (TPSA) is 59.1 Å². The summed E-state index contributed by atoms with van der Waals surface area (Å²) in [6.07, 6.45) is 2.85. The third-order valence-electron chi connectivity index (χ3n) is 2.05. The van der Waals surface area contributed by atoms with Crippen LogP contribution in [0.1, 0.15) is 4.88 Å². The van der Waals surface area contributed by atoms with E-state index in [4.69, 9.17) is 0 Å². The van der Waals surface area contributed by atoms with Crippen LogP contribution in [0.4, 0.5) is 0 Å². The summed E-state index contributed by atoms with van der Waals surface area (Å²) in [4.78, 5) is 4.92. The van der Waals surface area contributed by atoms with E-state index in [1.165, 1.54) is 29.8 Å². The van der Waals surface area contributed by atoms with Gasteiger partial charge in [0.25, 0.3) is 0 Å². The molecule has 0 fully saturated rings. The molecule has 0 aliphatic heterocycles. The van der Waals surface area contributed by atoms with Crippen LogP contribution in [0.25, 0.3) is 0 Å². The van der Waals surface area contributed by atoms with Crippen molar-refractivity contribution in [1.29, 1.82) is 0 Å². The highest BCUT2D eigenvalue weighted by Crippen LogP contribution is 2.20. The molecule has 2 heterocycles. The summed E-state index contributed by atoms with van der Waals surface area (Å²) in [5, 5.41) is 1.91. The standard InChI is InChI=1S/C10H8Br2N2O2S2/c11-7-2-10(5-13-3-7)18(15,16)14-4-9-1-8(12)6-17-9/h1-3,5-6,14H,4H2. The summed E-state index contributed by atoms with van der Waals surface area (Å²) >= 11 is 8.01. The molecule has 1 N–H and O–H groups in total. The molecule has 0 atom stereocenters. The maximum absolute atomic E-state index is 12.0. The molecule has 0 amide bonds. The van der Waals surface area contributed by atoms with Crippen molar-refractivity contribution in [2.75, 3.05) is 0 Å². The average Bonchev–Trinajstić information content (AvgIpc) is 2.73. The van der Waals surface area contributed by atoms with E-state index in [1.54, 1.807) is 0 Å². The van der Waals surface area contributed by atoms with Gasteiger partial charge in [-0.3, -0.25) is 4.98 Å². The first-order chi connectivity index (χ1) is 8.47. The molecule has 96 valence electrons. The number of nitrogens with zero attached hydrogens (tertiary/aromatic N) is 1. The third-order valence-corrected chi connectivity index (χ3v) is 5.55. The highest BCUT2D eigenvalue weighted by molar-refractivity contribution is 9.10. The number of aromatic nitrogens is 1. The second kappa shape index (κ2) is 5.79. The zero-order valence-corrected chi connectivity index (χ0v) is 13.7. The maximum Gasteiger partial charge on any atom is 0.242 e. The molecular formula is C10H8Br2N2O2S2. The molecule has 0 aliphatic carbocycles. The highest BCUT2D eigenvalue weighted by atomic mass is 79.9. The Morgan fingerprint density at radius 3 is 2.61 bits per heavy atom. The van der Waals surface area contributed by atoms with Crippen molar-refractivity contribution < 1.29 is 8.42 Å². The normalized spacial score (nSPS) is 11.7. The molecule has 2 rings (SSSR count). The van der Waals surface area contributed by atoms with E-state index in [0.29, 0.717) is 4.47 Å². The van der Waals surface area contributed by atoms with Crippen LogP contribution in [0.5, 0.6) is 0 Å². The molecule has 0 saturated carbocycles. The van der Waals surface area contributed by atoms with Gasteiger partial charge >= 0.3 is 0 Å². The Bertz CT molecular complexity index is 655. The van der Waals surface area contributed by atoms with Crippen LogP contribution in [0.2, 0.25) is 0 Å². The molecule has 0 aromatic carbocycles. The molecule has 0 unspecified atom stereocenters. The Morgan fingerprint density at radius 1 is 1.22 bits per heavy atom. The molecule has 0 bridgehead atoms. The van der Waals surface area contributed by atoms with Crippen molar-refractivity contribution in [3.8, 4) is 0 Å². The first kappa shape index (κ1) is 14.1. The molecule has 8 heteroatoms. The third kappa shape index (κ3) is 3.61. The lowest BCUT2D eigenvalue weighted by Crippen LogP contribution is -2.22. The summed E-state index contributed by atoms with van der Waals surface area (Å²) < 4.78 is 28.1. The van der Waals surface area contributed by atoms with Crippen LogP contribution in [0.3, 0.4) is 0 Å². The van der Waals surface area contributed by atoms with Gasteiger partial charge in [-0.2, -0.15) is 0 Å². The second-order valence-corrected chi connectivity index (χ2v) is 7.99. The van der Waals surface area contributed by atoms with Crippen LogP contribution < -0.4 is 4.72 Å². The minimum Gasteiger partial charge on any atom is -0.262 e. The summed E-state index contributed by atoms with van der Waals surface area (Å²) in [7, 11) is -3.52. The van der Waals surface area contributed by atoms with Gasteiger partial charge in [-0.25, -0.2) is 13.1 Å². The van der Waals surface area contributed by atoms with E-state index < -0.39 is 10.0 Å². The van der Waals surface area contributed by atoms with E-state index in [2.05, 4.69) is 41.6 Å². The first-order valence-electron chi connectivity index (χ1n) is 4.80. The fourth-order valence-corrected chi connectivity index (χ4v) is 4.23. The van der Waals surface area contributed by atoms with Gasteiger partial charge in [0.05, 0.1) is 0 Å². The van der Waals surface area contributed by atoms with Gasteiger partial charge in [-0.05, 0) is 44.0 Å². The summed E-state index contributed by atoms with van der Waals surface area (Å²) in [6, 6.07) is 3.39. The Labute approximate surface area is 126 Å². The molecule has 0 spiro atoms. The lowest BCUT2D eigenvalue weighted by atomic mass is 10.5. The van der Waals surface area contributed by atoms with E-state index in [0.717, 1.165) is 9.35 Å². The maximum atomic E-state index is 12.0. The smallest absolute Gasteiger partial charge is 0.242 e. The number of sulfonamides is 1.